The molecular weight excluding hydrogens is 479 g/mol. The second-order valence-corrected chi connectivity index (χ2v) is 9.80. The molecule has 36 heavy (non-hydrogen) atoms. The van der Waals surface area contributed by atoms with Gasteiger partial charge in [-0.3, -0.25) is 9.59 Å². The Kier molecular flexibility index (Phi) is 10.4. The summed E-state index contributed by atoms with van der Waals surface area (Å²) in [4.78, 5) is 38.8. The maximum Gasteiger partial charge on any atom is 0.575 e. The van der Waals surface area contributed by atoms with Crippen LogP contribution in [0.25, 0.3) is 0 Å². The zero-order valence-electron chi connectivity index (χ0n) is 21.3. The van der Waals surface area contributed by atoms with Crippen LogP contribution in [-0.2, 0) is 25.5 Å². The summed E-state index contributed by atoms with van der Waals surface area (Å²) in [5.74, 6) is -1.37. The Hall–Kier alpha value is -2.98. The zero-order valence-corrected chi connectivity index (χ0v) is 21.3. The second kappa shape index (κ2) is 12.8. The Labute approximate surface area is 210 Å². The van der Waals surface area contributed by atoms with Gasteiger partial charge in [-0.2, -0.15) is 0 Å². The van der Waals surface area contributed by atoms with E-state index in [4.69, 9.17) is 4.74 Å². The van der Waals surface area contributed by atoms with Crippen molar-refractivity contribution in [1.82, 2.24) is 10.2 Å². The molecule has 1 aromatic carbocycles. The topological polar surface area (TPSA) is 88.2 Å². The Bertz CT molecular complexity index is 902. The molecule has 2 aliphatic rings. The van der Waals surface area contributed by atoms with Crippen LogP contribution in [0, 0.1) is 0 Å². The zero-order chi connectivity index (χ0) is 26.9. The molecule has 0 spiro atoms. The van der Waals surface area contributed by atoms with Crippen molar-refractivity contribution in [2.24, 2.45) is 0 Å². The summed E-state index contributed by atoms with van der Waals surface area (Å²) in [6, 6.07) is 8.08. The average molecular weight is 516 g/mol. The van der Waals surface area contributed by atoms with E-state index in [0.717, 1.165) is 24.9 Å². The normalized spacial score (nSPS) is 19.2. The molecule has 2 heterocycles. The van der Waals surface area contributed by atoms with Crippen LogP contribution in [0.1, 0.15) is 58.9 Å². The third-order valence-corrected chi connectivity index (χ3v) is 5.53. The number of aryl methyl sites for hydroxylation is 1. The summed E-state index contributed by atoms with van der Waals surface area (Å²) >= 11 is 0. The number of carbonyl (C=O) groups excluding carboxylic acids is 3. The highest BCUT2D eigenvalue weighted by molar-refractivity contribution is 5.86. The van der Waals surface area contributed by atoms with Crippen LogP contribution in [0.15, 0.2) is 24.3 Å². The summed E-state index contributed by atoms with van der Waals surface area (Å²) in [5.41, 5.74) is 1.82. The van der Waals surface area contributed by atoms with Crippen molar-refractivity contribution in [3.8, 4) is 0 Å². The fourth-order valence-electron chi connectivity index (χ4n) is 4.00. The van der Waals surface area contributed by atoms with E-state index < -0.39 is 24.0 Å². The van der Waals surface area contributed by atoms with Crippen LogP contribution < -0.4 is 10.2 Å². The number of halogens is 3. The Morgan fingerprint density at radius 3 is 2.33 bits per heavy atom. The van der Waals surface area contributed by atoms with Gasteiger partial charge in [0, 0.05) is 32.2 Å². The Balaban J connectivity index is 0.000000493. The van der Waals surface area contributed by atoms with Gasteiger partial charge in [0.1, 0.15) is 11.6 Å². The number of nitrogens with zero attached hydrogens (tertiary/aromatic N) is 2. The summed E-state index contributed by atoms with van der Waals surface area (Å²) in [5, 5.41) is 3.08. The molecule has 1 fully saturated rings. The quantitative estimate of drug-likeness (QED) is 0.515. The van der Waals surface area contributed by atoms with Crippen LogP contribution in [0.4, 0.5) is 23.7 Å². The van der Waals surface area contributed by atoms with Crippen molar-refractivity contribution in [2.75, 3.05) is 31.1 Å². The number of anilines is 1. The van der Waals surface area contributed by atoms with Gasteiger partial charge in [-0.15, -0.1) is 13.2 Å². The fourth-order valence-corrected chi connectivity index (χ4v) is 4.00. The van der Waals surface area contributed by atoms with E-state index in [9.17, 15) is 27.6 Å². The third kappa shape index (κ3) is 10.3. The van der Waals surface area contributed by atoms with Gasteiger partial charge in [0.15, 0.2) is 0 Å². The van der Waals surface area contributed by atoms with E-state index in [1.54, 1.807) is 4.90 Å². The first-order valence-electron chi connectivity index (χ1n) is 12.1. The van der Waals surface area contributed by atoms with Gasteiger partial charge >= 0.3 is 18.4 Å². The lowest BCUT2D eigenvalue weighted by atomic mass is 10.0. The molecule has 0 aliphatic carbocycles. The molecule has 1 unspecified atom stereocenters. The highest BCUT2D eigenvalue weighted by Gasteiger charge is 2.36. The first-order valence-corrected chi connectivity index (χ1v) is 12.1. The highest BCUT2D eigenvalue weighted by Crippen LogP contribution is 2.24. The summed E-state index contributed by atoms with van der Waals surface area (Å²) in [7, 11) is 0. The molecule has 1 aromatic rings. The molecule has 8 nitrogen and oxygen atoms in total. The number of esters is 1. The van der Waals surface area contributed by atoms with Crippen molar-refractivity contribution >= 4 is 23.7 Å². The number of fused-ring (bicyclic) bond motifs is 4. The van der Waals surface area contributed by atoms with Gasteiger partial charge in [-0.05, 0) is 57.7 Å². The van der Waals surface area contributed by atoms with Crippen molar-refractivity contribution < 1.29 is 37.0 Å². The van der Waals surface area contributed by atoms with Crippen molar-refractivity contribution in [3.63, 3.8) is 0 Å². The first kappa shape index (κ1) is 29.3. The molecule has 202 valence electrons. The van der Waals surface area contributed by atoms with Crippen LogP contribution in [0.5, 0.6) is 0 Å². The monoisotopic (exact) mass is 515 g/mol. The first-order chi connectivity index (χ1) is 16.7. The van der Waals surface area contributed by atoms with Crippen LogP contribution in [0.3, 0.4) is 0 Å². The minimum absolute atomic E-state index is 0.0158. The highest BCUT2D eigenvalue weighted by atomic mass is 19.4. The van der Waals surface area contributed by atoms with Crippen LogP contribution in [0.2, 0.25) is 0 Å². The molecule has 3 rings (SSSR count). The van der Waals surface area contributed by atoms with Crippen LogP contribution >= 0.6 is 0 Å². The summed E-state index contributed by atoms with van der Waals surface area (Å²) in [6.45, 7) is 8.45. The molecule has 11 heteroatoms. The number of alkyl halides is 3. The largest absolute Gasteiger partial charge is 0.575 e. The fraction of sp³-hybridized carbons (Fsp3) is 0.640. The van der Waals surface area contributed by atoms with Crippen LogP contribution in [-0.4, -0.2) is 67.1 Å². The molecule has 2 amide bonds. The maximum absolute atomic E-state index is 13.0. The number of benzene rings is 1. The number of hydrogen-bond acceptors (Lipinski definition) is 6. The van der Waals surface area contributed by atoms with Gasteiger partial charge in [0.2, 0.25) is 5.91 Å². The number of ether oxygens (including phenoxy) is 2. The Morgan fingerprint density at radius 1 is 1.03 bits per heavy atom. The third-order valence-electron chi connectivity index (χ3n) is 5.53. The number of carbonyl (C=O) groups is 3. The number of rotatable bonds is 0. The van der Waals surface area contributed by atoms with Gasteiger partial charge in [0.05, 0.1) is 6.54 Å². The Morgan fingerprint density at radius 2 is 1.72 bits per heavy atom. The predicted molar refractivity (Wildman–Crippen MR) is 128 cm³/mol. The van der Waals surface area contributed by atoms with E-state index >= 15 is 0 Å². The second-order valence-electron chi connectivity index (χ2n) is 9.80. The van der Waals surface area contributed by atoms with Gasteiger partial charge in [0.25, 0.3) is 0 Å². The predicted octanol–water partition coefficient (Wildman–Crippen LogP) is 4.41. The average Bonchev–Trinajstić information content (AvgIpc) is 2.76. The smallest absolute Gasteiger partial charge is 0.444 e. The lowest BCUT2D eigenvalue weighted by Gasteiger charge is -2.42. The molecule has 0 saturated carbocycles. The molecule has 1 atom stereocenters. The molecular formula is C25H36F3N3O5. The molecule has 2 bridgehead atoms. The number of amides is 2. The maximum atomic E-state index is 13.0. The molecule has 0 radical (unpaired) electrons. The minimum Gasteiger partial charge on any atom is -0.444 e. The van der Waals surface area contributed by atoms with E-state index in [2.05, 4.69) is 39.2 Å². The van der Waals surface area contributed by atoms with E-state index in [1.165, 1.54) is 18.4 Å². The molecule has 1 saturated heterocycles. The van der Waals surface area contributed by atoms with Gasteiger partial charge in [-0.25, -0.2) is 4.79 Å². The van der Waals surface area contributed by atoms with Crippen molar-refractivity contribution in [3.05, 3.63) is 29.8 Å². The number of piperazine rings is 1. The SMILES string of the molecule is CC(=O)OC(F)(F)F.CC(C)(C)OC(=O)N1CCN2c3cccc(c3)CCCCCCNC(=O)C2C1. The van der Waals surface area contributed by atoms with Gasteiger partial charge < -0.3 is 24.6 Å². The molecule has 1 N–H and O–H groups in total. The summed E-state index contributed by atoms with van der Waals surface area (Å²) < 4.78 is 40.9. The number of nitrogens with one attached hydrogen (secondary N) is 1. The molecule has 0 aromatic heterocycles. The van der Waals surface area contributed by atoms with E-state index in [-0.39, 0.29) is 12.0 Å². The summed E-state index contributed by atoms with van der Waals surface area (Å²) in [6.07, 6.45) is 0.359. The minimum atomic E-state index is -4.83. The van der Waals surface area contributed by atoms with Gasteiger partial charge in [-0.1, -0.05) is 25.0 Å². The van der Waals surface area contributed by atoms with Crippen molar-refractivity contribution in [1.29, 1.82) is 0 Å². The standard InChI is InChI=1S/C22H33N3O3.C3H3F3O2/c1-22(2,3)28-21(27)24-13-14-25-18-11-8-10-17(15-18)9-6-4-5-7-12-23-20(26)19(25)16-24;1-2(7)8-3(4,5)6/h8,10-11,15,19H,4-7,9,12-14,16H2,1-3H3,(H,23,26);1H3. The lowest BCUT2D eigenvalue weighted by Crippen LogP contribution is -2.60. The lowest BCUT2D eigenvalue weighted by molar-refractivity contribution is -0.304. The van der Waals surface area contributed by atoms with E-state index in [0.29, 0.717) is 33.1 Å². The van der Waals surface area contributed by atoms with E-state index in [1.807, 2.05) is 20.8 Å². The van der Waals surface area contributed by atoms with Crippen molar-refractivity contribution in [2.45, 2.75) is 77.8 Å². The number of hydrogen-bond donors (Lipinski definition) is 1. The molecule has 2 aliphatic heterocycles.